The summed E-state index contributed by atoms with van der Waals surface area (Å²) in [5.41, 5.74) is 2.78. The van der Waals surface area contributed by atoms with Crippen molar-refractivity contribution in [1.29, 1.82) is 0 Å². The summed E-state index contributed by atoms with van der Waals surface area (Å²) in [6.45, 7) is 0. The van der Waals surface area contributed by atoms with Gasteiger partial charge in [0.2, 0.25) is 11.7 Å². The van der Waals surface area contributed by atoms with E-state index < -0.39 is 15.9 Å². The highest BCUT2D eigenvalue weighted by atomic mass is 16.6. The maximum atomic E-state index is 11.6. The van der Waals surface area contributed by atoms with Crippen molar-refractivity contribution >= 4 is 11.4 Å². The largest absolute Gasteiger partial charge is 0.286 e. The Hall–Kier alpha value is -3.61. The summed E-state index contributed by atoms with van der Waals surface area (Å²) in [4.78, 5) is 21.3. The molecule has 7 heteroatoms. The van der Waals surface area contributed by atoms with Crippen LogP contribution in [-0.2, 0) is 0 Å². The molecular weight excluding hydrogens is 322 g/mol. The van der Waals surface area contributed by atoms with E-state index in [2.05, 4.69) is 0 Å². The number of benzene rings is 2. The summed E-state index contributed by atoms with van der Waals surface area (Å²) >= 11 is 0. The van der Waals surface area contributed by atoms with E-state index in [1.807, 2.05) is 53.2 Å². The molecule has 122 valence electrons. The van der Waals surface area contributed by atoms with Gasteiger partial charge in [-0.05, 0) is 18.2 Å². The lowest BCUT2D eigenvalue weighted by Crippen LogP contribution is -2.38. The highest BCUT2D eigenvalue weighted by Gasteiger charge is 2.41. The van der Waals surface area contributed by atoms with E-state index in [0.717, 1.165) is 22.9 Å². The molecule has 0 saturated carbocycles. The normalized spacial score (nSPS) is 14.6. The van der Waals surface area contributed by atoms with Gasteiger partial charge in [0.05, 0.1) is 21.5 Å². The number of pyridine rings is 1. The number of rotatable bonds is 3. The lowest BCUT2D eigenvalue weighted by atomic mass is 9.96. The van der Waals surface area contributed by atoms with Crippen LogP contribution in [0.4, 0.5) is 11.4 Å². The molecule has 1 atom stereocenters. The molecule has 7 nitrogen and oxygen atoms in total. The number of fused-ring (bicyclic) bond motifs is 3. The number of nitrogens with zero attached hydrogens (tertiary/aromatic N) is 3. The highest BCUT2D eigenvalue weighted by molar-refractivity contribution is 5.67. The predicted molar refractivity (Wildman–Crippen MR) is 89.1 cm³/mol. The molecule has 2 heterocycles. The van der Waals surface area contributed by atoms with Crippen LogP contribution in [0.15, 0.2) is 66.9 Å². The number of nitro groups is 2. The fourth-order valence-corrected chi connectivity index (χ4v) is 3.38. The van der Waals surface area contributed by atoms with Crippen molar-refractivity contribution in [2.24, 2.45) is 0 Å². The fourth-order valence-electron chi connectivity index (χ4n) is 3.38. The van der Waals surface area contributed by atoms with E-state index >= 15 is 0 Å². The van der Waals surface area contributed by atoms with Gasteiger partial charge in [0.1, 0.15) is 5.56 Å². The molecule has 4 rings (SSSR count). The van der Waals surface area contributed by atoms with E-state index in [4.69, 9.17) is 0 Å². The predicted octanol–water partition coefficient (Wildman–Crippen LogP) is 3.41. The lowest BCUT2D eigenvalue weighted by Gasteiger charge is -2.09. The van der Waals surface area contributed by atoms with Crippen molar-refractivity contribution in [2.75, 3.05) is 0 Å². The monoisotopic (exact) mass is 334 g/mol. The van der Waals surface area contributed by atoms with Gasteiger partial charge < -0.3 is 0 Å². The van der Waals surface area contributed by atoms with Crippen molar-refractivity contribution in [3.8, 4) is 11.3 Å². The Labute approximate surface area is 142 Å². The Bertz CT molecular complexity index is 987. The topological polar surface area (TPSA) is 90.2 Å². The maximum absolute atomic E-state index is 11.6. The van der Waals surface area contributed by atoms with Gasteiger partial charge in [-0.15, -0.1) is 0 Å². The summed E-state index contributed by atoms with van der Waals surface area (Å²) in [5, 5.41) is 22.5. The number of hydrogen-bond donors (Lipinski definition) is 0. The van der Waals surface area contributed by atoms with Crippen LogP contribution in [0, 0.1) is 20.2 Å². The molecule has 0 aliphatic carbocycles. The number of non-ortho nitro benzene ring substituents is 1. The van der Waals surface area contributed by atoms with E-state index in [0.29, 0.717) is 5.56 Å². The van der Waals surface area contributed by atoms with Crippen LogP contribution in [0.3, 0.4) is 0 Å². The summed E-state index contributed by atoms with van der Waals surface area (Å²) in [6.07, 6.45) is 1.87. The molecule has 0 N–H and O–H groups in total. The Morgan fingerprint density at radius 2 is 1.60 bits per heavy atom. The second kappa shape index (κ2) is 5.48. The van der Waals surface area contributed by atoms with Crippen molar-refractivity contribution < 1.29 is 14.4 Å². The summed E-state index contributed by atoms with van der Waals surface area (Å²) in [7, 11) is 0. The molecule has 1 aliphatic heterocycles. The van der Waals surface area contributed by atoms with Gasteiger partial charge in [0, 0.05) is 23.8 Å². The van der Waals surface area contributed by atoms with Crippen LogP contribution in [0.25, 0.3) is 11.3 Å². The van der Waals surface area contributed by atoms with E-state index in [1.54, 1.807) is 0 Å². The van der Waals surface area contributed by atoms with Crippen LogP contribution in [0.5, 0.6) is 0 Å². The van der Waals surface area contributed by atoms with Gasteiger partial charge >= 0.3 is 0 Å². The Kier molecular flexibility index (Phi) is 3.28. The Morgan fingerprint density at radius 3 is 2.36 bits per heavy atom. The van der Waals surface area contributed by atoms with Crippen LogP contribution in [0.1, 0.15) is 17.2 Å². The van der Waals surface area contributed by atoms with Crippen LogP contribution >= 0.6 is 0 Å². The van der Waals surface area contributed by atoms with Gasteiger partial charge in [-0.1, -0.05) is 18.2 Å². The average Bonchev–Trinajstić information content (AvgIpc) is 2.95. The van der Waals surface area contributed by atoms with Crippen molar-refractivity contribution in [1.82, 2.24) is 0 Å². The summed E-state index contributed by atoms with van der Waals surface area (Å²) < 4.78 is 1.96. The molecule has 0 spiro atoms. The van der Waals surface area contributed by atoms with Gasteiger partial charge in [-0.2, -0.15) is 4.57 Å². The lowest BCUT2D eigenvalue weighted by molar-refractivity contribution is -0.689. The molecule has 1 unspecified atom stereocenters. The van der Waals surface area contributed by atoms with Gasteiger partial charge in [-0.25, -0.2) is 0 Å². The molecule has 3 aromatic rings. The molecule has 2 aromatic carbocycles. The number of aromatic nitrogens is 1. The SMILES string of the molecule is O=[N+]([O-])c1ccc(C2c3ccccc3-c3cccc[n+]32)c([N+](=O)[O-])c1. The van der Waals surface area contributed by atoms with Gasteiger partial charge in [-0.3, -0.25) is 20.2 Å². The molecular formula is C18H12N3O4+. The van der Waals surface area contributed by atoms with Crippen molar-refractivity contribution in [3.05, 3.63) is 98.2 Å². The third-order valence-corrected chi connectivity index (χ3v) is 4.42. The highest BCUT2D eigenvalue weighted by Crippen LogP contribution is 2.40. The second-order valence-corrected chi connectivity index (χ2v) is 5.74. The first-order valence-corrected chi connectivity index (χ1v) is 7.60. The zero-order valence-corrected chi connectivity index (χ0v) is 12.9. The van der Waals surface area contributed by atoms with E-state index in [1.165, 1.54) is 12.1 Å². The van der Waals surface area contributed by atoms with Crippen LogP contribution < -0.4 is 4.57 Å². The molecule has 0 saturated heterocycles. The summed E-state index contributed by atoms with van der Waals surface area (Å²) in [6, 6.07) is 16.9. The zero-order valence-electron chi connectivity index (χ0n) is 12.9. The first-order valence-electron chi connectivity index (χ1n) is 7.60. The van der Waals surface area contributed by atoms with E-state index in [9.17, 15) is 20.2 Å². The quantitative estimate of drug-likeness (QED) is 0.326. The summed E-state index contributed by atoms with van der Waals surface area (Å²) in [5.74, 6) is 0. The van der Waals surface area contributed by atoms with Gasteiger partial charge in [0.15, 0.2) is 6.20 Å². The van der Waals surface area contributed by atoms with E-state index in [-0.39, 0.29) is 11.4 Å². The minimum Gasteiger partial charge on any atom is -0.258 e. The molecule has 1 aliphatic rings. The molecule has 0 bridgehead atoms. The van der Waals surface area contributed by atoms with Crippen LogP contribution in [-0.4, -0.2) is 9.85 Å². The molecule has 25 heavy (non-hydrogen) atoms. The molecule has 0 radical (unpaired) electrons. The minimum atomic E-state index is -0.625. The number of hydrogen-bond acceptors (Lipinski definition) is 4. The fraction of sp³-hybridized carbons (Fsp3) is 0.0556. The zero-order chi connectivity index (χ0) is 17.6. The Morgan fingerprint density at radius 1 is 0.840 bits per heavy atom. The third-order valence-electron chi connectivity index (χ3n) is 4.42. The molecule has 0 fully saturated rings. The molecule has 0 amide bonds. The maximum Gasteiger partial charge on any atom is 0.286 e. The van der Waals surface area contributed by atoms with Crippen molar-refractivity contribution in [2.45, 2.75) is 6.04 Å². The second-order valence-electron chi connectivity index (χ2n) is 5.74. The Balaban J connectivity index is 1.99. The van der Waals surface area contributed by atoms with Crippen LogP contribution in [0.2, 0.25) is 0 Å². The average molecular weight is 334 g/mol. The third kappa shape index (κ3) is 2.25. The van der Waals surface area contributed by atoms with Gasteiger partial charge in [0.25, 0.3) is 11.4 Å². The molecule has 1 aromatic heterocycles. The standard InChI is InChI=1S/C18H12N3O4/c22-20(23)12-8-9-15(17(11-12)21(24)25)18-14-6-2-1-5-13(14)16-7-3-4-10-19(16)18/h1-11,18H/q+1. The first-order chi connectivity index (χ1) is 12.1. The first kappa shape index (κ1) is 14.9. The minimum absolute atomic E-state index is 0.252. The van der Waals surface area contributed by atoms with Crippen molar-refractivity contribution in [3.63, 3.8) is 0 Å². The smallest absolute Gasteiger partial charge is 0.258 e. The number of nitro benzene ring substituents is 2.